The van der Waals surface area contributed by atoms with Crippen molar-refractivity contribution in [3.8, 4) is 11.8 Å². The molecule has 0 radical (unpaired) electrons. The lowest BCUT2D eigenvalue weighted by Crippen LogP contribution is -2.64. The molecule has 0 aromatic carbocycles. The third kappa shape index (κ3) is 4.40. The Labute approximate surface area is 66.9 Å². The van der Waals surface area contributed by atoms with E-state index in [0.29, 0.717) is 0 Å². The van der Waals surface area contributed by atoms with Crippen molar-refractivity contribution in [1.82, 2.24) is 0 Å². The van der Waals surface area contributed by atoms with Crippen LogP contribution in [0.25, 0.3) is 0 Å². The van der Waals surface area contributed by atoms with Crippen molar-refractivity contribution < 1.29 is 15.3 Å². The summed E-state index contributed by atoms with van der Waals surface area (Å²) in [6.45, 7) is 2.03. The maximum atomic E-state index is 10.7. The third-order valence-electron chi connectivity index (χ3n) is 1.14. The quantitative estimate of drug-likeness (QED) is 0.436. The number of hydrogen-bond acceptors (Lipinski definition) is 2. The summed E-state index contributed by atoms with van der Waals surface area (Å²) in [5.74, 6) is 5.17. The first-order valence-corrected chi connectivity index (χ1v) is 3.61. The molecular weight excluding hydrogens is 142 g/mol. The number of rotatable bonds is 2. The van der Waals surface area contributed by atoms with Crippen LogP contribution in [0.3, 0.4) is 0 Å². The molecule has 0 aromatic heterocycles. The largest absolute Gasteiger partial charge is 0.464 e. The van der Waals surface area contributed by atoms with E-state index >= 15 is 0 Å². The standard InChI is InChI=1S/C8H13NO2/c1-3-4-5-6-7(9)8(10)11-2/h7H,3-4,9H2,1-2H3/p+1. The lowest BCUT2D eigenvalue weighted by atomic mass is 10.3. The van der Waals surface area contributed by atoms with Gasteiger partial charge in [0.25, 0.3) is 0 Å². The molecule has 3 heteroatoms. The minimum absolute atomic E-state index is 0.367. The van der Waals surface area contributed by atoms with Gasteiger partial charge in [-0.1, -0.05) is 12.8 Å². The topological polar surface area (TPSA) is 53.9 Å². The van der Waals surface area contributed by atoms with Gasteiger partial charge in [0.2, 0.25) is 6.04 Å². The van der Waals surface area contributed by atoms with Crippen LogP contribution in [0.15, 0.2) is 0 Å². The van der Waals surface area contributed by atoms with E-state index in [1.54, 1.807) is 0 Å². The summed E-state index contributed by atoms with van der Waals surface area (Å²) >= 11 is 0. The van der Waals surface area contributed by atoms with E-state index in [0.717, 1.165) is 12.8 Å². The summed E-state index contributed by atoms with van der Waals surface area (Å²) in [6, 6.07) is -0.536. The normalized spacial score (nSPS) is 11.2. The van der Waals surface area contributed by atoms with Gasteiger partial charge in [0, 0.05) is 6.42 Å². The van der Waals surface area contributed by atoms with E-state index in [-0.39, 0.29) is 5.97 Å². The number of quaternary nitrogens is 1. The zero-order valence-corrected chi connectivity index (χ0v) is 7.02. The molecule has 62 valence electrons. The fraction of sp³-hybridized carbons (Fsp3) is 0.625. The van der Waals surface area contributed by atoms with E-state index < -0.39 is 6.04 Å². The number of esters is 1. The molecule has 0 fully saturated rings. The number of unbranched alkanes of at least 4 members (excludes halogenated alkanes) is 1. The average Bonchev–Trinajstić information content (AvgIpc) is 2.03. The Morgan fingerprint density at radius 1 is 1.73 bits per heavy atom. The van der Waals surface area contributed by atoms with Gasteiger partial charge in [-0.3, -0.25) is 0 Å². The Balaban J connectivity index is 3.78. The highest BCUT2D eigenvalue weighted by molar-refractivity contribution is 5.77. The second-order valence-corrected chi connectivity index (χ2v) is 2.15. The van der Waals surface area contributed by atoms with E-state index in [1.165, 1.54) is 7.11 Å². The van der Waals surface area contributed by atoms with Gasteiger partial charge in [0.1, 0.15) is 0 Å². The van der Waals surface area contributed by atoms with Crippen LogP contribution in [-0.4, -0.2) is 19.1 Å². The molecule has 0 saturated carbocycles. The monoisotopic (exact) mass is 156 g/mol. The molecule has 0 aliphatic heterocycles. The zero-order valence-electron chi connectivity index (χ0n) is 7.02. The number of carbonyl (C=O) groups excluding carboxylic acids is 1. The summed E-state index contributed by atoms with van der Waals surface area (Å²) in [4.78, 5) is 10.7. The highest BCUT2D eigenvalue weighted by Crippen LogP contribution is 1.83. The third-order valence-corrected chi connectivity index (χ3v) is 1.14. The van der Waals surface area contributed by atoms with Crippen molar-refractivity contribution >= 4 is 5.97 Å². The minimum Gasteiger partial charge on any atom is -0.464 e. The zero-order chi connectivity index (χ0) is 8.69. The molecule has 0 heterocycles. The molecule has 11 heavy (non-hydrogen) atoms. The molecule has 3 nitrogen and oxygen atoms in total. The van der Waals surface area contributed by atoms with Crippen molar-refractivity contribution in [1.29, 1.82) is 0 Å². The molecule has 0 aliphatic carbocycles. The van der Waals surface area contributed by atoms with Crippen molar-refractivity contribution in [3.05, 3.63) is 0 Å². The van der Waals surface area contributed by atoms with Crippen molar-refractivity contribution in [2.24, 2.45) is 0 Å². The molecule has 1 unspecified atom stereocenters. The first-order valence-electron chi connectivity index (χ1n) is 3.61. The van der Waals surface area contributed by atoms with Crippen LogP contribution in [0.1, 0.15) is 19.8 Å². The fourth-order valence-electron chi connectivity index (χ4n) is 0.522. The minimum atomic E-state index is -0.536. The summed E-state index contributed by atoms with van der Waals surface area (Å²) in [6.07, 6.45) is 1.81. The fourth-order valence-corrected chi connectivity index (χ4v) is 0.522. The van der Waals surface area contributed by atoms with Gasteiger partial charge < -0.3 is 10.5 Å². The molecule has 0 amide bonds. The highest BCUT2D eigenvalue weighted by Gasteiger charge is 2.12. The summed E-state index contributed by atoms with van der Waals surface area (Å²) < 4.78 is 4.44. The summed E-state index contributed by atoms with van der Waals surface area (Å²) in [5, 5.41) is 0. The summed E-state index contributed by atoms with van der Waals surface area (Å²) in [5.41, 5.74) is 3.53. The van der Waals surface area contributed by atoms with Gasteiger partial charge >= 0.3 is 5.97 Å². The van der Waals surface area contributed by atoms with Gasteiger partial charge in [0.15, 0.2) is 0 Å². The maximum Gasteiger partial charge on any atom is 0.377 e. The van der Waals surface area contributed by atoms with E-state index in [9.17, 15) is 4.79 Å². The molecule has 0 aromatic rings. The first kappa shape index (κ1) is 9.99. The molecule has 0 rings (SSSR count). The van der Waals surface area contributed by atoms with E-state index in [1.807, 2.05) is 6.92 Å². The second-order valence-electron chi connectivity index (χ2n) is 2.15. The molecule has 0 aliphatic rings. The van der Waals surface area contributed by atoms with Crippen LogP contribution in [0.5, 0.6) is 0 Å². The first-order chi connectivity index (χ1) is 5.22. The Kier molecular flexibility index (Phi) is 5.22. The van der Waals surface area contributed by atoms with Gasteiger partial charge in [-0.05, 0) is 12.3 Å². The molecule has 0 spiro atoms. The molecule has 0 saturated heterocycles. The summed E-state index contributed by atoms with van der Waals surface area (Å²) in [7, 11) is 1.34. The van der Waals surface area contributed by atoms with Crippen LogP contribution in [-0.2, 0) is 9.53 Å². The molecular formula is C8H14NO2+. The molecule has 1 atom stereocenters. The van der Waals surface area contributed by atoms with Gasteiger partial charge in [0.05, 0.1) is 7.11 Å². The van der Waals surface area contributed by atoms with Crippen LogP contribution >= 0.6 is 0 Å². The SMILES string of the molecule is CCCC#CC([NH3+])C(=O)OC. The highest BCUT2D eigenvalue weighted by atomic mass is 16.5. The van der Waals surface area contributed by atoms with Crippen LogP contribution in [0.2, 0.25) is 0 Å². The van der Waals surface area contributed by atoms with Gasteiger partial charge in [-0.2, -0.15) is 0 Å². The van der Waals surface area contributed by atoms with Gasteiger partial charge in [-0.15, -0.1) is 0 Å². The van der Waals surface area contributed by atoms with Gasteiger partial charge in [-0.25, -0.2) is 4.79 Å². The van der Waals surface area contributed by atoms with Crippen molar-refractivity contribution in [2.45, 2.75) is 25.8 Å². The lowest BCUT2D eigenvalue weighted by molar-refractivity contribution is -0.389. The molecule has 3 N–H and O–H groups in total. The van der Waals surface area contributed by atoms with E-state index in [2.05, 4.69) is 22.3 Å². The Morgan fingerprint density at radius 2 is 2.36 bits per heavy atom. The lowest BCUT2D eigenvalue weighted by Gasteiger charge is -1.95. The smallest absolute Gasteiger partial charge is 0.377 e. The Bertz CT molecular complexity index is 178. The number of carbonyl (C=O) groups is 1. The number of ether oxygens (including phenoxy) is 1. The average molecular weight is 156 g/mol. The predicted molar refractivity (Wildman–Crippen MR) is 41.4 cm³/mol. The van der Waals surface area contributed by atoms with Crippen LogP contribution < -0.4 is 5.73 Å². The Hall–Kier alpha value is -1.01. The second kappa shape index (κ2) is 5.75. The predicted octanol–water partition coefficient (Wildman–Crippen LogP) is -0.427. The van der Waals surface area contributed by atoms with Crippen molar-refractivity contribution in [3.63, 3.8) is 0 Å². The van der Waals surface area contributed by atoms with Crippen LogP contribution in [0.4, 0.5) is 0 Å². The van der Waals surface area contributed by atoms with Crippen LogP contribution in [0, 0.1) is 11.8 Å². The van der Waals surface area contributed by atoms with E-state index in [4.69, 9.17) is 0 Å². The Morgan fingerprint density at radius 3 is 2.82 bits per heavy atom. The van der Waals surface area contributed by atoms with Crippen molar-refractivity contribution in [2.75, 3.05) is 7.11 Å². The number of methoxy groups -OCH3 is 1. The molecule has 0 bridgehead atoms. The maximum absolute atomic E-state index is 10.7. The number of hydrogen-bond donors (Lipinski definition) is 1.